The second-order valence-corrected chi connectivity index (χ2v) is 7.32. The highest BCUT2D eigenvalue weighted by Crippen LogP contribution is 2.29. The van der Waals surface area contributed by atoms with Gasteiger partial charge in [-0.05, 0) is 55.3 Å². The minimum atomic E-state index is -0.129. The zero-order valence-electron chi connectivity index (χ0n) is 16.0. The number of likely N-dealkylation sites (tertiary alicyclic amines) is 1. The van der Waals surface area contributed by atoms with Gasteiger partial charge in [0.25, 0.3) is 0 Å². The predicted molar refractivity (Wildman–Crippen MR) is 110 cm³/mol. The van der Waals surface area contributed by atoms with Crippen LogP contribution in [0.1, 0.15) is 24.7 Å². The first-order valence-electron chi connectivity index (χ1n) is 9.42. The van der Waals surface area contributed by atoms with Gasteiger partial charge in [-0.2, -0.15) is 4.98 Å². The molecule has 0 saturated carbocycles. The molecule has 8 heteroatoms. The van der Waals surface area contributed by atoms with Crippen LogP contribution in [0.25, 0.3) is 11.4 Å². The number of halogens is 1. The maximum atomic E-state index is 12.5. The Morgan fingerprint density at radius 2 is 1.97 bits per heavy atom. The number of carbonyl (C=O) groups excluding carboxylic acids is 1. The van der Waals surface area contributed by atoms with Crippen molar-refractivity contribution >= 4 is 23.3 Å². The normalized spacial score (nSPS) is 14.6. The Bertz CT molecular complexity index is 982. The average molecular weight is 413 g/mol. The topological polar surface area (TPSA) is 80.5 Å². The Balaban J connectivity index is 1.34. The van der Waals surface area contributed by atoms with Gasteiger partial charge in [0.15, 0.2) is 0 Å². The molecular weight excluding hydrogens is 392 g/mol. The number of nitrogens with one attached hydrogen (secondary N) is 1. The summed E-state index contributed by atoms with van der Waals surface area (Å²) in [6.45, 7) is 1.24. The third-order valence-corrected chi connectivity index (χ3v) is 5.23. The van der Waals surface area contributed by atoms with Crippen LogP contribution in [0.4, 0.5) is 10.5 Å². The molecule has 1 N–H and O–H groups in total. The van der Waals surface area contributed by atoms with Gasteiger partial charge in [0.05, 0.1) is 7.11 Å². The van der Waals surface area contributed by atoms with E-state index < -0.39 is 0 Å². The van der Waals surface area contributed by atoms with Crippen LogP contribution in [0.5, 0.6) is 5.75 Å². The summed E-state index contributed by atoms with van der Waals surface area (Å²) in [5, 5.41) is 7.57. The summed E-state index contributed by atoms with van der Waals surface area (Å²) in [4.78, 5) is 18.8. The van der Waals surface area contributed by atoms with Crippen molar-refractivity contribution in [1.82, 2.24) is 15.0 Å². The molecule has 1 aliphatic rings. The number of hydrogen-bond acceptors (Lipinski definition) is 5. The van der Waals surface area contributed by atoms with Crippen molar-refractivity contribution in [3.05, 3.63) is 59.4 Å². The van der Waals surface area contributed by atoms with Crippen molar-refractivity contribution in [3.63, 3.8) is 0 Å². The van der Waals surface area contributed by atoms with Gasteiger partial charge in [0.2, 0.25) is 11.7 Å². The van der Waals surface area contributed by atoms with E-state index in [9.17, 15) is 4.79 Å². The van der Waals surface area contributed by atoms with Crippen LogP contribution in [-0.2, 0) is 0 Å². The fourth-order valence-electron chi connectivity index (χ4n) is 3.36. The van der Waals surface area contributed by atoms with Gasteiger partial charge in [0, 0.05) is 35.3 Å². The van der Waals surface area contributed by atoms with E-state index in [4.69, 9.17) is 20.9 Å². The lowest BCUT2D eigenvalue weighted by Crippen LogP contribution is -2.40. The van der Waals surface area contributed by atoms with E-state index in [0.29, 0.717) is 35.5 Å². The molecule has 1 fully saturated rings. The Kier molecular flexibility index (Phi) is 5.67. The number of ether oxygens (including phenoxy) is 1. The molecule has 7 nitrogen and oxygen atoms in total. The molecule has 1 saturated heterocycles. The first-order valence-corrected chi connectivity index (χ1v) is 9.79. The molecule has 4 rings (SSSR count). The van der Waals surface area contributed by atoms with Gasteiger partial charge in [-0.25, -0.2) is 4.79 Å². The minimum Gasteiger partial charge on any atom is -0.497 e. The number of carbonyl (C=O) groups is 1. The monoisotopic (exact) mass is 412 g/mol. The highest BCUT2D eigenvalue weighted by molar-refractivity contribution is 6.30. The Morgan fingerprint density at radius 3 is 2.66 bits per heavy atom. The zero-order chi connectivity index (χ0) is 20.2. The number of rotatable bonds is 4. The van der Waals surface area contributed by atoms with E-state index >= 15 is 0 Å². The van der Waals surface area contributed by atoms with Gasteiger partial charge in [-0.1, -0.05) is 22.8 Å². The van der Waals surface area contributed by atoms with E-state index in [-0.39, 0.29) is 11.9 Å². The highest BCUT2D eigenvalue weighted by Gasteiger charge is 2.27. The van der Waals surface area contributed by atoms with Gasteiger partial charge in [-0.3, -0.25) is 0 Å². The standard InChI is InChI=1S/C21H21ClN4O3/c1-28-18-7-5-14(6-8-18)19-24-20(29-25-19)15-9-11-26(12-10-15)21(27)23-17-4-2-3-16(22)13-17/h2-8,13,15H,9-12H2,1H3,(H,23,27). The van der Waals surface area contributed by atoms with Gasteiger partial charge < -0.3 is 19.5 Å². The molecule has 0 atom stereocenters. The van der Waals surface area contributed by atoms with E-state index in [1.165, 1.54) is 0 Å². The molecule has 0 radical (unpaired) electrons. The first-order chi connectivity index (χ1) is 14.1. The van der Waals surface area contributed by atoms with Crippen molar-refractivity contribution in [3.8, 4) is 17.1 Å². The summed E-state index contributed by atoms with van der Waals surface area (Å²) in [6.07, 6.45) is 1.54. The molecule has 0 aliphatic carbocycles. The molecule has 1 aliphatic heterocycles. The molecular formula is C21H21ClN4O3. The summed E-state index contributed by atoms with van der Waals surface area (Å²) in [7, 11) is 1.63. The zero-order valence-corrected chi connectivity index (χ0v) is 16.7. The van der Waals surface area contributed by atoms with Gasteiger partial charge in [0.1, 0.15) is 5.75 Å². The fraction of sp³-hybridized carbons (Fsp3) is 0.286. The summed E-state index contributed by atoms with van der Waals surface area (Å²) in [5.41, 5.74) is 1.56. The second-order valence-electron chi connectivity index (χ2n) is 6.89. The second kappa shape index (κ2) is 8.53. The fourth-order valence-corrected chi connectivity index (χ4v) is 3.55. The summed E-state index contributed by atoms with van der Waals surface area (Å²) < 4.78 is 10.7. The van der Waals surface area contributed by atoms with Crippen LogP contribution in [0, 0.1) is 0 Å². The van der Waals surface area contributed by atoms with Gasteiger partial charge in [-0.15, -0.1) is 0 Å². The molecule has 2 aromatic carbocycles. The third-order valence-electron chi connectivity index (χ3n) is 5.00. The summed E-state index contributed by atoms with van der Waals surface area (Å²) in [5.74, 6) is 2.10. The van der Waals surface area contributed by atoms with Crippen molar-refractivity contribution in [2.75, 3.05) is 25.5 Å². The molecule has 1 aromatic heterocycles. The van der Waals surface area contributed by atoms with Crippen LogP contribution in [0.15, 0.2) is 53.1 Å². The van der Waals surface area contributed by atoms with E-state index in [2.05, 4.69) is 15.5 Å². The molecule has 2 heterocycles. The molecule has 0 bridgehead atoms. The number of benzene rings is 2. The number of urea groups is 1. The summed E-state index contributed by atoms with van der Waals surface area (Å²) in [6, 6.07) is 14.5. The van der Waals surface area contributed by atoms with Crippen molar-refractivity contribution < 1.29 is 14.1 Å². The lowest BCUT2D eigenvalue weighted by atomic mass is 9.97. The van der Waals surface area contributed by atoms with E-state index in [1.807, 2.05) is 30.3 Å². The first kappa shape index (κ1) is 19.3. The van der Waals surface area contributed by atoms with Crippen LogP contribution in [0.3, 0.4) is 0 Å². The number of aromatic nitrogens is 2. The Hall–Kier alpha value is -3.06. The number of methoxy groups -OCH3 is 1. The largest absolute Gasteiger partial charge is 0.497 e. The van der Waals surface area contributed by atoms with Gasteiger partial charge >= 0.3 is 6.03 Å². The Morgan fingerprint density at radius 1 is 1.21 bits per heavy atom. The lowest BCUT2D eigenvalue weighted by Gasteiger charge is -2.30. The molecule has 2 amide bonds. The van der Waals surface area contributed by atoms with Crippen molar-refractivity contribution in [1.29, 1.82) is 0 Å². The highest BCUT2D eigenvalue weighted by atomic mass is 35.5. The number of nitrogens with zero attached hydrogens (tertiary/aromatic N) is 3. The van der Waals surface area contributed by atoms with E-state index in [0.717, 1.165) is 24.2 Å². The SMILES string of the molecule is COc1ccc(-c2noc(C3CCN(C(=O)Nc4cccc(Cl)c4)CC3)n2)cc1. The molecule has 150 valence electrons. The van der Waals surface area contributed by atoms with Crippen molar-refractivity contribution in [2.45, 2.75) is 18.8 Å². The molecule has 0 unspecified atom stereocenters. The van der Waals surface area contributed by atoms with E-state index in [1.54, 1.807) is 30.2 Å². The minimum absolute atomic E-state index is 0.129. The number of amides is 2. The maximum Gasteiger partial charge on any atom is 0.321 e. The van der Waals surface area contributed by atoms with Crippen LogP contribution >= 0.6 is 11.6 Å². The lowest BCUT2D eigenvalue weighted by molar-refractivity contribution is 0.187. The molecule has 3 aromatic rings. The number of piperidine rings is 1. The van der Waals surface area contributed by atoms with Crippen LogP contribution < -0.4 is 10.1 Å². The summed E-state index contributed by atoms with van der Waals surface area (Å²) >= 11 is 5.97. The average Bonchev–Trinajstić information content (AvgIpc) is 3.24. The number of hydrogen-bond donors (Lipinski definition) is 1. The predicted octanol–water partition coefficient (Wildman–Crippen LogP) is 4.81. The number of anilines is 1. The molecule has 0 spiro atoms. The van der Waals surface area contributed by atoms with Crippen molar-refractivity contribution in [2.24, 2.45) is 0 Å². The molecule has 29 heavy (non-hydrogen) atoms. The van der Waals surface area contributed by atoms with Crippen LogP contribution in [-0.4, -0.2) is 41.3 Å². The quantitative estimate of drug-likeness (QED) is 0.665. The van der Waals surface area contributed by atoms with Crippen LogP contribution in [0.2, 0.25) is 5.02 Å². The Labute approximate surface area is 173 Å². The maximum absolute atomic E-state index is 12.5. The smallest absolute Gasteiger partial charge is 0.321 e. The third kappa shape index (κ3) is 4.51.